The molecule has 0 N–H and O–H groups in total. The van der Waals surface area contributed by atoms with Gasteiger partial charge in [-0.1, -0.05) is 30.3 Å². The van der Waals surface area contributed by atoms with E-state index < -0.39 is 0 Å². The summed E-state index contributed by atoms with van der Waals surface area (Å²) >= 11 is 0. The van der Waals surface area contributed by atoms with Gasteiger partial charge in [-0.15, -0.1) is 0 Å². The molecule has 2 unspecified atom stereocenters. The van der Waals surface area contributed by atoms with Crippen molar-refractivity contribution in [3.63, 3.8) is 0 Å². The van der Waals surface area contributed by atoms with Gasteiger partial charge in [0, 0.05) is 24.9 Å². The van der Waals surface area contributed by atoms with Crippen molar-refractivity contribution in [2.24, 2.45) is 5.92 Å². The van der Waals surface area contributed by atoms with Gasteiger partial charge < -0.3 is 0 Å². The number of benzene rings is 1. The van der Waals surface area contributed by atoms with Crippen molar-refractivity contribution in [2.75, 3.05) is 6.54 Å². The number of fused-ring (bicyclic) bond motifs is 1. The summed E-state index contributed by atoms with van der Waals surface area (Å²) in [5.41, 5.74) is 1.37. The summed E-state index contributed by atoms with van der Waals surface area (Å²) in [5, 5.41) is 0. The van der Waals surface area contributed by atoms with Gasteiger partial charge in [-0.05, 0) is 31.4 Å². The molecule has 0 bridgehead atoms. The first-order valence-electron chi connectivity index (χ1n) is 6.65. The van der Waals surface area contributed by atoms with E-state index in [0.29, 0.717) is 17.7 Å². The molecule has 2 atom stereocenters. The molecular weight excluding hydrogens is 210 g/mol. The standard InChI is InChI=1S/C15H19NO/c17-15-8-4-7-14-13(15)9-10-16(14)11-12-5-2-1-3-6-12/h1-3,5-6,13-14H,4,7-11H2. The number of carbonyl (C=O) groups excluding carboxylic acids is 1. The lowest BCUT2D eigenvalue weighted by atomic mass is 9.84. The number of hydrogen-bond donors (Lipinski definition) is 0. The molecule has 0 radical (unpaired) electrons. The molecule has 0 amide bonds. The van der Waals surface area contributed by atoms with Crippen LogP contribution in [0.1, 0.15) is 31.2 Å². The van der Waals surface area contributed by atoms with E-state index in [1.807, 2.05) is 0 Å². The van der Waals surface area contributed by atoms with Gasteiger partial charge in [0.05, 0.1) is 0 Å². The minimum atomic E-state index is 0.340. The Kier molecular flexibility index (Phi) is 2.98. The first kappa shape index (κ1) is 11.0. The van der Waals surface area contributed by atoms with E-state index in [2.05, 4.69) is 35.2 Å². The molecule has 2 heteroatoms. The average Bonchev–Trinajstić information content (AvgIpc) is 2.76. The third-order valence-corrected chi connectivity index (χ3v) is 4.23. The van der Waals surface area contributed by atoms with Crippen LogP contribution in [0.15, 0.2) is 30.3 Å². The van der Waals surface area contributed by atoms with Crippen molar-refractivity contribution < 1.29 is 4.79 Å². The van der Waals surface area contributed by atoms with Gasteiger partial charge in [0.1, 0.15) is 5.78 Å². The first-order valence-corrected chi connectivity index (χ1v) is 6.65. The highest BCUT2D eigenvalue weighted by atomic mass is 16.1. The second-order valence-corrected chi connectivity index (χ2v) is 5.28. The summed E-state index contributed by atoms with van der Waals surface area (Å²) in [4.78, 5) is 14.4. The predicted molar refractivity (Wildman–Crippen MR) is 67.6 cm³/mol. The third-order valence-electron chi connectivity index (χ3n) is 4.23. The largest absolute Gasteiger partial charge is 0.299 e. The number of rotatable bonds is 2. The Labute approximate surface area is 103 Å². The number of Topliss-reactive ketones (excluding diaryl/α,β-unsaturated/α-hetero) is 1. The number of ketones is 1. The first-order chi connectivity index (χ1) is 8.34. The molecule has 1 heterocycles. The van der Waals surface area contributed by atoms with Gasteiger partial charge in [0.15, 0.2) is 0 Å². The van der Waals surface area contributed by atoms with Crippen LogP contribution in [0.5, 0.6) is 0 Å². The lowest BCUT2D eigenvalue weighted by Gasteiger charge is -2.30. The fourth-order valence-corrected chi connectivity index (χ4v) is 3.36. The van der Waals surface area contributed by atoms with E-state index in [9.17, 15) is 4.79 Å². The Bertz CT molecular complexity index is 401. The van der Waals surface area contributed by atoms with E-state index in [0.717, 1.165) is 32.4 Å². The van der Waals surface area contributed by atoms with E-state index in [1.165, 1.54) is 12.0 Å². The number of carbonyl (C=O) groups is 1. The molecule has 1 saturated heterocycles. The van der Waals surface area contributed by atoms with Crippen LogP contribution in [-0.2, 0) is 11.3 Å². The summed E-state index contributed by atoms with van der Waals surface area (Å²) in [6.07, 6.45) is 4.20. The van der Waals surface area contributed by atoms with E-state index in [-0.39, 0.29) is 0 Å². The normalized spacial score (nSPS) is 29.3. The number of nitrogens with zero attached hydrogens (tertiary/aromatic N) is 1. The van der Waals surface area contributed by atoms with Gasteiger partial charge >= 0.3 is 0 Å². The molecule has 17 heavy (non-hydrogen) atoms. The highest BCUT2D eigenvalue weighted by Gasteiger charge is 2.40. The maximum Gasteiger partial charge on any atom is 0.137 e. The fourth-order valence-electron chi connectivity index (χ4n) is 3.36. The molecule has 0 spiro atoms. The Hall–Kier alpha value is -1.15. The van der Waals surface area contributed by atoms with Crippen molar-refractivity contribution in [3.8, 4) is 0 Å². The molecule has 2 fully saturated rings. The molecule has 2 aliphatic rings. The summed E-state index contributed by atoms with van der Waals surface area (Å²) in [5.74, 6) is 0.851. The molecule has 1 aliphatic heterocycles. The molecule has 1 aromatic carbocycles. The third kappa shape index (κ3) is 2.14. The monoisotopic (exact) mass is 229 g/mol. The van der Waals surface area contributed by atoms with Crippen LogP contribution in [0.2, 0.25) is 0 Å². The molecular formula is C15H19NO. The Balaban J connectivity index is 1.71. The zero-order chi connectivity index (χ0) is 11.7. The summed E-state index contributed by atoms with van der Waals surface area (Å²) in [6, 6.07) is 11.1. The van der Waals surface area contributed by atoms with Gasteiger partial charge in [-0.25, -0.2) is 0 Å². The SMILES string of the molecule is O=C1CCCC2C1CCN2Cc1ccccc1. The van der Waals surface area contributed by atoms with Crippen molar-refractivity contribution in [3.05, 3.63) is 35.9 Å². The lowest BCUT2D eigenvalue weighted by molar-refractivity contribution is -0.125. The van der Waals surface area contributed by atoms with Crippen LogP contribution < -0.4 is 0 Å². The molecule has 1 aliphatic carbocycles. The summed E-state index contributed by atoms with van der Waals surface area (Å²) in [7, 11) is 0. The van der Waals surface area contributed by atoms with Gasteiger partial charge in [0.25, 0.3) is 0 Å². The molecule has 90 valence electrons. The van der Waals surface area contributed by atoms with Crippen LogP contribution in [0.4, 0.5) is 0 Å². The molecule has 0 aromatic heterocycles. The zero-order valence-corrected chi connectivity index (χ0v) is 10.1. The van der Waals surface area contributed by atoms with Gasteiger partial charge in [-0.3, -0.25) is 9.69 Å². The maximum atomic E-state index is 11.8. The summed E-state index contributed by atoms with van der Waals surface area (Å²) in [6.45, 7) is 2.10. The number of likely N-dealkylation sites (tertiary alicyclic amines) is 1. The van der Waals surface area contributed by atoms with Gasteiger partial charge in [0.2, 0.25) is 0 Å². The van der Waals surface area contributed by atoms with Crippen molar-refractivity contribution in [1.82, 2.24) is 4.90 Å². The topological polar surface area (TPSA) is 20.3 Å². The maximum absolute atomic E-state index is 11.8. The lowest BCUT2D eigenvalue weighted by Crippen LogP contribution is -2.38. The Morgan fingerprint density at radius 1 is 1.18 bits per heavy atom. The molecule has 3 rings (SSSR count). The van der Waals surface area contributed by atoms with Gasteiger partial charge in [-0.2, -0.15) is 0 Å². The van der Waals surface area contributed by atoms with Crippen LogP contribution in [0.3, 0.4) is 0 Å². The number of hydrogen-bond acceptors (Lipinski definition) is 2. The predicted octanol–water partition coefficient (Wildman–Crippen LogP) is 2.63. The Morgan fingerprint density at radius 3 is 2.82 bits per heavy atom. The van der Waals surface area contributed by atoms with Crippen LogP contribution >= 0.6 is 0 Å². The van der Waals surface area contributed by atoms with E-state index >= 15 is 0 Å². The summed E-state index contributed by atoms with van der Waals surface area (Å²) < 4.78 is 0. The highest BCUT2D eigenvalue weighted by molar-refractivity contribution is 5.82. The van der Waals surface area contributed by atoms with Crippen LogP contribution in [-0.4, -0.2) is 23.3 Å². The fraction of sp³-hybridized carbons (Fsp3) is 0.533. The zero-order valence-electron chi connectivity index (χ0n) is 10.1. The molecule has 1 aromatic rings. The highest BCUT2D eigenvalue weighted by Crippen LogP contribution is 2.34. The van der Waals surface area contributed by atoms with Crippen molar-refractivity contribution in [2.45, 2.75) is 38.3 Å². The van der Waals surface area contributed by atoms with Crippen LogP contribution in [0.25, 0.3) is 0 Å². The minimum absolute atomic E-state index is 0.340. The Morgan fingerprint density at radius 2 is 2.00 bits per heavy atom. The second kappa shape index (κ2) is 4.61. The molecule has 2 nitrogen and oxygen atoms in total. The molecule has 1 saturated carbocycles. The minimum Gasteiger partial charge on any atom is -0.299 e. The van der Waals surface area contributed by atoms with Crippen LogP contribution in [0, 0.1) is 5.92 Å². The van der Waals surface area contributed by atoms with E-state index in [1.54, 1.807) is 0 Å². The average molecular weight is 229 g/mol. The quantitative estimate of drug-likeness (QED) is 0.777. The second-order valence-electron chi connectivity index (χ2n) is 5.28. The van der Waals surface area contributed by atoms with Crippen molar-refractivity contribution >= 4 is 5.78 Å². The van der Waals surface area contributed by atoms with Crippen molar-refractivity contribution in [1.29, 1.82) is 0 Å². The smallest absolute Gasteiger partial charge is 0.137 e. The van der Waals surface area contributed by atoms with E-state index in [4.69, 9.17) is 0 Å².